The smallest absolute Gasteiger partial charge is 0.157 e. The lowest BCUT2D eigenvalue weighted by Gasteiger charge is -2.07. The average molecular weight is 228 g/mol. The van der Waals surface area contributed by atoms with Gasteiger partial charge in [0.25, 0.3) is 0 Å². The van der Waals surface area contributed by atoms with Crippen molar-refractivity contribution in [2.75, 3.05) is 5.32 Å². The molecule has 0 radical (unpaired) electrons. The topological polar surface area (TPSA) is 70.9 Å². The summed E-state index contributed by atoms with van der Waals surface area (Å²) >= 11 is 0. The van der Waals surface area contributed by atoms with Crippen molar-refractivity contribution < 1.29 is 0 Å². The number of pyridine rings is 1. The summed E-state index contributed by atoms with van der Waals surface area (Å²) in [5, 5.41) is 14.3. The van der Waals surface area contributed by atoms with Crippen molar-refractivity contribution in [2.24, 2.45) is 0 Å². The van der Waals surface area contributed by atoms with Gasteiger partial charge in [0.05, 0.1) is 12.2 Å². The molecule has 3 aromatic heterocycles. The Labute approximate surface area is 97.7 Å². The highest BCUT2D eigenvalue weighted by atomic mass is 15.3. The van der Waals surface area contributed by atoms with Gasteiger partial charge in [-0.2, -0.15) is 14.7 Å². The molecular formula is C11H12N6. The van der Waals surface area contributed by atoms with E-state index in [0.29, 0.717) is 6.54 Å². The van der Waals surface area contributed by atoms with E-state index in [4.69, 9.17) is 0 Å². The van der Waals surface area contributed by atoms with Crippen LogP contribution in [0.5, 0.6) is 0 Å². The van der Waals surface area contributed by atoms with E-state index in [-0.39, 0.29) is 0 Å². The van der Waals surface area contributed by atoms with Gasteiger partial charge in [-0.1, -0.05) is 0 Å². The van der Waals surface area contributed by atoms with Crippen molar-refractivity contribution in [1.29, 1.82) is 0 Å². The maximum Gasteiger partial charge on any atom is 0.157 e. The number of hydrogen-bond acceptors (Lipinski definition) is 4. The molecule has 0 saturated carbocycles. The van der Waals surface area contributed by atoms with Gasteiger partial charge in [-0.25, -0.2) is 4.98 Å². The summed E-state index contributed by atoms with van der Waals surface area (Å²) in [6, 6.07) is 5.97. The second-order valence-corrected chi connectivity index (χ2v) is 3.88. The molecule has 3 aromatic rings. The molecule has 17 heavy (non-hydrogen) atoms. The summed E-state index contributed by atoms with van der Waals surface area (Å²) in [7, 11) is 0. The minimum absolute atomic E-state index is 0.679. The van der Waals surface area contributed by atoms with E-state index < -0.39 is 0 Å². The van der Waals surface area contributed by atoms with Crippen molar-refractivity contribution >= 4 is 11.5 Å². The SMILES string of the molecule is Cc1cc(NCc2ccn[nH]2)n2ncnc2c1. The summed E-state index contributed by atoms with van der Waals surface area (Å²) in [5.74, 6) is 0.923. The number of nitrogens with zero attached hydrogens (tertiary/aromatic N) is 4. The molecule has 0 atom stereocenters. The quantitative estimate of drug-likeness (QED) is 0.710. The molecule has 0 aliphatic heterocycles. The maximum absolute atomic E-state index is 4.18. The van der Waals surface area contributed by atoms with Crippen LogP contribution in [0.1, 0.15) is 11.3 Å². The van der Waals surface area contributed by atoms with E-state index in [9.17, 15) is 0 Å². The van der Waals surface area contributed by atoms with Gasteiger partial charge >= 0.3 is 0 Å². The maximum atomic E-state index is 4.18. The lowest BCUT2D eigenvalue weighted by Crippen LogP contribution is -2.05. The molecule has 6 heteroatoms. The number of aryl methyl sites for hydroxylation is 1. The highest BCUT2D eigenvalue weighted by molar-refractivity contribution is 5.51. The molecule has 0 bridgehead atoms. The molecule has 2 N–H and O–H groups in total. The van der Waals surface area contributed by atoms with Crippen LogP contribution in [0.15, 0.2) is 30.7 Å². The Kier molecular flexibility index (Phi) is 2.25. The monoisotopic (exact) mass is 228 g/mol. The van der Waals surface area contributed by atoms with Gasteiger partial charge in [0.2, 0.25) is 0 Å². The summed E-state index contributed by atoms with van der Waals surface area (Å²) in [6.07, 6.45) is 3.29. The van der Waals surface area contributed by atoms with E-state index in [0.717, 1.165) is 22.7 Å². The number of H-pyrrole nitrogens is 1. The summed E-state index contributed by atoms with van der Waals surface area (Å²) in [5.41, 5.74) is 3.02. The van der Waals surface area contributed by atoms with Crippen LogP contribution in [0, 0.1) is 6.92 Å². The average Bonchev–Trinajstić information content (AvgIpc) is 2.95. The van der Waals surface area contributed by atoms with Crippen LogP contribution < -0.4 is 5.32 Å². The summed E-state index contributed by atoms with van der Waals surface area (Å²) < 4.78 is 1.78. The summed E-state index contributed by atoms with van der Waals surface area (Å²) in [6.45, 7) is 2.72. The standard InChI is InChI=1S/C11H12N6/c1-8-4-10(12-6-9-2-3-14-16-9)17-11(5-8)13-7-15-17/h2-5,7,12H,6H2,1H3,(H,14,16). The zero-order valence-electron chi connectivity index (χ0n) is 9.38. The molecule has 3 heterocycles. The fourth-order valence-electron chi connectivity index (χ4n) is 1.75. The highest BCUT2D eigenvalue weighted by Gasteiger charge is 2.03. The highest BCUT2D eigenvalue weighted by Crippen LogP contribution is 2.13. The Morgan fingerprint density at radius 1 is 1.41 bits per heavy atom. The molecule has 0 saturated heterocycles. The zero-order valence-corrected chi connectivity index (χ0v) is 9.38. The van der Waals surface area contributed by atoms with Gasteiger partial charge in [0.15, 0.2) is 5.65 Å². The van der Waals surface area contributed by atoms with Gasteiger partial charge in [0.1, 0.15) is 12.1 Å². The normalized spacial score (nSPS) is 10.9. The van der Waals surface area contributed by atoms with Gasteiger partial charge in [-0.05, 0) is 30.7 Å². The van der Waals surface area contributed by atoms with Crippen LogP contribution in [0.2, 0.25) is 0 Å². The van der Waals surface area contributed by atoms with E-state index in [1.54, 1.807) is 17.0 Å². The van der Waals surface area contributed by atoms with Crippen LogP contribution in [-0.2, 0) is 6.54 Å². The van der Waals surface area contributed by atoms with Crippen LogP contribution in [0.3, 0.4) is 0 Å². The molecule has 0 aliphatic rings. The largest absolute Gasteiger partial charge is 0.364 e. The van der Waals surface area contributed by atoms with Gasteiger partial charge in [-0.3, -0.25) is 5.10 Å². The Bertz CT molecular complexity index is 625. The molecule has 0 fully saturated rings. The molecular weight excluding hydrogens is 216 g/mol. The van der Waals surface area contributed by atoms with E-state index in [1.807, 2.05) is 25.1 Å². The first kappa shape index (κ1) is 9.83. The molecule has 0 aromatic carbocycles. The van der Waals surface area contributed by atoms with E-state index >= 15 is 0 Å². The van der Waals surface area contributed by atoms with Crippen molar-refractivity contribution in [3.05, 3.63) is 42.0 Å². The molecule has 3 rings (SSSR count). The molecule has 0 unspecified atom stereocenters. The van der Waals surface area contributed by atoms with Crippen molar-refractivity contribution in [3.63, 3.8) is 0 Å². The first-order valence-corrected chi connectivity index (χ1v) is 5.35. The molecule has 6 nitrogen and oxygen atoms in total. The molecule has 0 spiro atoms. The third-order valence-electron chi connectivity index (χ3n) is 2.54. The van der Waals surface area contributed by atoms with Crippen LogP contribution in [0.4, 0.5) is 5.82 Å². The number of anilines is 1. The molecule has 0 aliphatic carbocycles. The minimum Gasteiger partial charge on any atom is -0.364 e. The van der Waals surface area contributed by atoms with Crippen LogP contribution in [0.25, 0.3) is 5.65 Å². The number of aromatic amines is 1. The van der Waals surface area contributed by atoms with Gasteiger partial charge < -0.3 is 5.32 Å². The first-order valence-electron chi connectivity index (χ1n) is 5.35. The fraction of sp³-hybridized carbons (Fsp3) is 0.182. The second kappa shape index (κ2) is 3.89. The number of nitrogens with one attached hydrogen (secondary N) is 2. The van der Waals surface area contributed by atoms with Crippen molar-refractivity contribution in [3.8, 4) is 0 Å². The molecule has 86 valence electrons. The van der Waals surface area contributed by atoms with Crippen molar-refractivity contribution in [1.82, 2.24) is 24.8 Å². The predicted molar refractivity (Wildman–Crippen MR) is 63.6 cm³/mol. The van der Waals surface area contributed by atoms with Gasteiger partial charge in [-0.15, -0.1) is 0 Å². The third kappa shape index (κ3) is 1.84. The second-order valence-electron chi connectivity index (χ2n) is 3.88. The number of fused-ring (bicyclic) bond motifs is 1. The van der Waals surface area contributed by atoms with Gasteiger partial charge in [0, 0.05) is 6.20 Å². The Balaban J connectivity index is 1.91. The van der Waals surface area contributed by atoms with E-state index in [1.165, 1.54) is 0 Å². The lowest BCUT2D eigenvalue weighted by molar-refractivity contribution is 0.921. The van der Waals surface area contributed by atoms with Crippen LogP contribution in [-0.4, -0.2) is 24.8 Å². The third-order valence-corrected chi connectivity index (χ3v) is 2.54. The fourth-order valence-corrected chi connectivity index (χ4v) is 1.75. The van der Waals surface area contributed by atoms with E-state index in [2.05, 4.69) is 25.6 Å². The number of hydrogen-bond donors (Lipinski definition) is 2. The molecule has 0 amide bonds. The Morgan fingerprint density at radius 2 is 2.35 bits per heavy atom. The van der Waals surface area contributed by atoms with Crippen molar-refractivity contribution in [2.45, 2.75) is 13.5 Å². The Morgan fingerprint density at radius 3 is 3.18 bits per heavy atom. The lowest BCUT2D eigenvalue weighted by atomic mass is 10.3. The number of aromatic nitrogens is 5. The first-order chi connectivity index (χ1) is 8.33. The van der Waals surface area contributed by atoms with Crippen LogP contribution >= 0.6 is 0 Å². The number of rotatable bonds is 3. The minimum atomic E-state index is 0.679. The zero-order chi connectivity index (χ0) is 11.7. The Hall–Kier alpha value is -2.37. The predicted octanol–water partition coefficient (Wildman–Crippen LogP) is 1.37. The summed E-state index contributed by atoms with van der Waals surface area (Å²) in [4.78, 5) is 4.18.